The van der Waals surface area contributed by atoms with Crippen molar-refractivity contribution in [3.63, 3.8) is 0 Å². The van der Waals surface area contributed by atoms with Gasteiger partial charge in [0.2, 0.25) is 0 Å². The minimum absolute atomic E-state index is 0.0692. The van der Waals surface area contributed by atoms with Gasteiger partial charge in [-0.05, 0) is 52.1 Å². The molecule has 0 amide bonds. The average molecular weight is 254 g/mol. The summed E-state index contributed by atoms with van der Waals surface area (Å²) in [5.41, 5.74) is 6.95. The molecule has 1 aromatic carbocycles. The van der Waals surface area contributed by atoms with Crippen molar-refractivity contribution in [3.8, 4) is 5.75 Å². The lowest BCUT2D eigenvalue weighted by Crippen LogP contribution is -2.54. The molecule has 4 heteroatoms. The molecule has 3 nitrogen and oxygen atoms in total. The van der Waals surface area contributed by atoms with E-state index in [1.807, 2.05) is 20.2 Å². The van der Waals surface area contributed by atoms with Crippen molar-refractivity contribution in [1.29, 1.82) is 0 Å². The minimum Gasteiger partial charge on any atom is -0.494 e. The number of benzene rings is 1. The van der Waals surface area contributed by atoms with Crippen LogP contribution in [-0.4, -0.2) is 37.7 Å². The topological polar surface area (TPSA) is 38.5 Å². The first kappa shape index (κ1) is 14.9. The zero-order valence-corrected chi connectivity index (χ0v) is 11.8. The zero-order valence-electron chi connectivity index (χ0n) is 11.8. The van der Waals surface area contributed by atoms with Gasteiger partial charge in [-0.3, -0.25) is 0 Å². The summed E-state index contributed by atoms with van der Waals surface area (Å²) < 4.78 is 18.5. The van der Waals surface area contributed by atoms with Crippen LogP contribution in [0.15, 0.2) is 18.2 Å². The van der Waals surface area contributed by atoms with Crippen LogP contribution in [0.5, 0.6) is 5.75 Å². The lowest BCUT2D eigenvalue weighted by molar-refractivity contribution is 0.158. The maximum Gasteiger partial charge on any atom is 0.165 e. The SMILES string of the molecule is COc1ccc(CC(N)C(C)(C)N(C)C)cc1F. The van der Waals surface area contributed by atoms with E-state index in [4.69, 9.17) is 10.5 Å². The van der Waals surface area contributed by atoms with Gasteiger partial charge >= 0.3 is 0 Å². The molecule has 102 valence electrons. The molecule has 1 atom stereocenters. The van der Waals surface area contributed by atoms with Crippen molar-refractivity contribution in [2.45, 2.75) is 31.8 Å². The van der Waals surface area contributed by atoms with E-state index >= 15 is 0 Å². The maximum absolute atomic E-state index is 13.6. The molecule has 0 fully saturated rings. The lowest BCUT2D eigenvalue weighted by atomic mass is 9.89. The number of methoxy groups -OCH3 is 1. The third-order valence-corrected chi connectivity index (χ3v) is 3.73. The highest BCUT2D eigenvalue weighted by atomic mass is 19.1. The van der Waals surface area contributed by atoms with Crippen LogP contribution < -0.4 is 10.5 Å². The van der Waals surface area contributed by atoms with Gasteiger partial charge in [0.15, 0.2) is 11.6 Å². The summed E-state index contributed by atoms with van der Waals surface area (Å²) in [7, 11) is 5.45. The van der Waals surface area contributed by atoms with E-state index in [-0.39, 0.29) is 23.1 Å². The summed E-state index contributed by atoms with van der Waals surface area (Å²) in [4.78, 5) is 2.08. The van der Waals surface area contributed by atoms with E-state index in [0.29, 0.717) is 6.42 Å². The number of halogens is 1. The van der Waals surface area contributed by atoms with Crippen molar-refractivity contribution in [2.75, 3.05) is 21.2 Å². The van der Waals surface area contributed by atoms with Gasteiger partial charge in [0.1, 0.15) is 0 Å². The molecule has 1 rings (SSSR count). The summed E-state index contributed by atoms with van der Waals surface area (Å²) in [6.45, 7) is 4.16. The first-order valence-electron chi connectivity index (χ1n) is 6.04. The highest BCUT2D eigenvalue weighted by molar-refractivity contribution is 5.30. The average Bonchev–Trinajstić information content (AvgIpc) is 2.28. The fraction of sp³-hybridized carbons (Fsp3) is 0.571. The van der Waals surface area contributed by atoms with Gasteiger partial charge in [-0.25, -0.2) is 4.39 Å². The first-order valence-corrected chi connectivity index (χ1v) is 6.04. The second kappa shape index (κ2) is 5.67. The number of nitrogens with two attached hydrogens (primary N) is 1. The Hall–Kier alpha value is -1.13. The van der Waals surface area contributed by atoms with Gasteiger partial charge in [-0.1, -0.05) is 6.07 Å². The van der Waals surface area contributed by atoms with Crippen LogP contribution in [0.4, 0.5) is 4.39 Å². The highest BCUT2D eigenvalue weighted by Crippen LogP contribution is 2.21. The molecule has 1 unspecified atom stereocenters. The summed E-state index contributed by atoms with van der Waals surface area (Å²) >= 11 is 0. The van der Waals surface area contributed by atoms with Gasteiger partial charge in [0, 0.05) is 11.6 Å². The van der Waals surface area contributed by atoms with E-state index < -0.39 is 0 Å². The van der Waals surface area contributed by atoms with E-state index in [9.17, 15) is 4.39 Å². The molecule has 0 radical (unpaired) electrons. The van der Waals surface area contributed by atoms with Crippen LogP contribution in [0.1, 0.15) is 19.4 Å². The molecule has 0 saturated heterocycles. The molecular weight excluding hydrogens is 231 g/mol. The van der Waals surface area contributed by atoms with Crippen molar-refractivity contribution in [3.05, 3.63) is 29.6 Å². The van der Waals surface area contributed by atoms with Crippen molar-refractivity contribution in [1.82, 2.24) is 4.90 Å². The normalized spacial score (nSPS) is 13.8. The van der Waals surface area contributed by atoms with Crippen LogP contribution >= 0.6 is 0 Å². The number of rotatable bonds is 5. The van der Waals surface area contributed by atoms with Crippen molar-refractivity contribution < 1.29 is 9.13 Å². The monoisotopic (exact) mass is 254 g/mol. The summed E-state index contributed by atoms with van der Waals surface area (Å²) in [6.07, 6.45) is 0.631. The Morgan fingerprint density at radius 1 is 1.39 bits per heavy atom. The summed E-state index contributed by atoms with van der Waals surface area (Å²) in [5.74, 6) is -0.0796. The van der Waals surface area contributed by atoms with Crippen molar-refractivity contribution >= 4 is 0 Å². The molecule has 18 heavy (non-hydrogen) atoms. The Morgan fingerprint density at radius 2 is 2.00 bits per heavy atom. The van der Waals surface area contributed by atoms with E-state index in [2.05, 4.69) is 18.7 Å². The molecule has 2 N–H and O–H groups in total. The number of nitrogens with zero attached hydrogens (tertiary/aromatic N) is 1. The van der Waals surface area contributed by atoms with Crippen LogP contribution in [0.25, 0.3) is 0 Å². The predicted octanol–water partition coefficient (Wildman–Crippen LogP) is 2.04. The standard InChI is InChI=1S/C14H23FN2O/c1-14(2,17(3)4)13(16)9-10-6-7-12(18-5)11(15)8-10/h6-8,13H,9,16H2,1-5H3. The van der Waals surface area contributed by atoms with Gasteiger partial charge in [0.25, 0.3) is 0 Å². The third kappa shape index (κ3) is 3.21. The molecule has 0 aliphatic carbocycles. The Balaban J connectivity index is 2.82. The lowest BCUT2D eigenvalue weighted by Gasteiger charge is -2.38. The molecule has 0 heterocycles. The largest absolute Gasteiger partial charge is 0.494 e. The molecule has 1 aromatic rings. The van der Waals surface area contributed by atoms with E-state index in [1.165, 1.54) is 13.2 Å². The highest BCUT2D eigenvalue weighted by Gasteiger charge is 2.28. The molecule has 0 saturated carbocycles. The van der Waals surface area contributed by atoms with E-state index in [1.54, 1.807) is 6.07 Å². The zero-order chi connectivity index (χ0) is 13.9. The predicted molar refractivity (Wildman–Crippen MR) is 72.4 cm³/mol. The van der Waals surface area contributed by atoms with Crippen LogP contribution in [0.2, 0.25) is 0 Å². The fourth-order valence-corrected chi connectivity index (χ4v) is 1.67. The molecule has 0 spiro atoms. The Labute approximate surface area is 109 Å². The van der Waals surface area contributed by atoms with Gasteiger partial charge in [0.05, 0.1) is 7.11 Å². The Morgan fingerprint density at radius 3 is 2.44 bits per heavy atom. The Bertz CT molecular complexity index is 405. The Kier molecular flexibility index (Phi) is 4.71. The fourth-order valence-electron chi connectivity index (χ4n) is 1.67. The van der Waals surface area contributed by atoms with Crippen molar-refractivity contribution in [2.24, 2.45) is 5.73 Å². The van der Waals surface area contributed by atoms with Crippen LogP contribution in [0.3, 0.4) is 0 Å². The number of ether oxygens (including phenoxy) is 1. The quantitative estimate of drug-likeness (QED) is 0.874. The molecule has 0 bridgehead atoms. The second-order valence-electron chi connectivity index (χ2n) is 5.33. The molecule has 0 aliphatic rings. The van der Waals surface area contributed by atoms with Crippen LogP contribution in [-0.2, 0) is 6.42 Å². The van der Waals surface area contributed by atoms with Gasteiger partial charge in [-0.15, -0.1) is 0 Å². The number of hydrogen-bond acceptors (Lipinski definition) is 3. The van der Waals surface area contributed by atoms with Gasteiger partial charge in [-0.2, -0.15) is 0 Å². The molecule has 0 aliphatic heterocycles. The second-order valence-corrected chi connectivity index (χ2v) is 5.33. The summed E-state index contributed by atoms with van der Waals surface area (Å²) in [6, 6.07) is 4.91. The maximum atomic E-state index is 13.6. The first-order chi connectivity index (χ1) is 8.28. The molecule has 0 aromatic heterocycles. The summed E-state index contributed by atoms with van der Waals surface area (Å²) in [5, 5.41) is 0. The molecular formula is C14H23FN2O. The number of hydrogen-bond donors (Lipinski definition) is 1. The smallest absolute Gasteiger partial charge is 0.165 e. The van der Waals surface area contributed by atoms with Gasteiger partial charge < -0.3 is 15.4 Å². The number of likely N-dealkylation sites (N-methyl/N-ethyl adjacent to an activating group) is 1. The third-order valence-electron chi connectivity index (χ3n) is 3.73. The van der Waals surface area contributed by atoms with E-state index in [0.717, 1.165) is 5.56 Å². The minimum atomic E-state index is -0.343. The van der Waals surface area contributed by atoms with Crippen LogP contribution in [0, 0.1) is 5.82 Å².